The van der Waals surface area contributed by atoms with Gasteiger partial charge in [0, 0.05) is 25.2 Å². The molecule has 4 nitrogen and oxygen atoms in total. The fourth-order valence-corrected chi connectivity index (χ4v) is 2.45. The highest BCUT2D eigenvalue weighted by molar-refractivity contribution is 5.96. The van der Waals surface area contributed by atoms with Crippen LogP contribution >= 0.6 is 0 Å². The zero-order valence-electron chi connectivity index (χ0n) is 10.6. The van der Waals surface area contributed by atoms with Crippen molar-refractivity contribution >= 4 is 16.9 Å². The predicted octanol–water partition coefficient (Wildman–Crippen LogP) is 2.11. The number of hydrogen-bond donors (Lipinski definition) is 2. The number of nitrogens with zero attached hydrogens (tertiary/aromatic N) is 1. The maximum atomic E-state index is 11.1. The van der Waals surface area contributed by atoms with E-state index in [4.69, 9.17) is 10.2 Å². The molecule has 2 aromatic rings. The van der Waals surface area contributed by atoms with Crippen LogP contribution in [0.2, 0.25) is 0 Å². The SMILES string of the molecule is Cc1cc(C(=O)O)cc2c(CCCO)cn(C)c12. The number of aryl methyl sites for hydroxylation is 3. The number of carboxylic acids is 1. The molecule has 0 aliphatic rings. The van der Waals surface area contributed by atoms with E-state index in [2.05, 4.69) is 0 Å². The first kappa shape index (κ1) is 12.6. The molecule has 0 aliphatic heterocycles. The Morgan fingerprint density at radius 1 is 1.39 bits per heavy atom. The first-order chi connectivity index (χ1) is 8.54. The molecule has 0 fully saturated rings. The van der Waals surface area contributed by atoms with E-state index in [9.17, 15) is 4.79 Å². The van der Waals surface area contributed by atoms with Crippen LogP contribution in [0, 0.1) is 6.92 Å². The number of hydrogen-bond acceptors (Lipinski definition) is 2. The molecule has 0 spiro atoms. The van der Waals surface area contributed by atoms with E-state index in [0.29, 0.717) is 12.0 Å². The third-order valence-electron chi connectivity index (χ3n) is 3.20. The predicted molar refractivity (Wildman–Crippen MR) is 70.0 cm³/mol. The topological polar surface area (TPSA) is 62.5 Å². The van der Waals surface area contributed by atoms with E-state index in [0.717, 1.165) is 28.5 Å². The normalized spacial score (nSPS) is 11.1. The van der Waals surface area contributed by atoms with Crippen molar-refractivity contribution in [3.8, 4) is 0 Å². The number of aliphatic hydroxyl groups is 1. The molecule has 96 valence electrons. The summed E-state index contributed by atoms with van der Waals surface area (Å²) in [4.78, 5) is 11.1. The van der Waals surface area contributed by atoms with Gasteiger partial charge < -0.3 is 14.8 Å². The maximum absolute atomic E-state index is 11.1. The first-order valence-electron chi connectivity index (χ1n) is 5.97. The van der Waals surface area contributed by atoms with Crippen LogP contribution in [0.15, 0.2) is 18.3 Å². The monoisotopic (exact) mass is 247 g/mol. The lowest BCUT2D eigenvalue weighted by Gasteiger charge is -2.04. The van der Waals surface area contributed by atoms with Crippen LogP contribution in [0.3, 0.4) is 0 Å². The standard InChI is InChI=1S/C14H17NO3/c1-9-6-11(14(17)18)7-12-10(4-3-5-16)8-15(2)13(9)12/h6-8,16H,3-5H2,1-2H3,(H,17,18). The Morgan fingerprint density at radius 3 is 2.72 bits per heavy atom. The summed E-state index contributed by atoms with van der Waals surface area (Å²) < 4.78 is 2.02. The third-order valence-corrected chi connectivity index (χ3v) is 3.20. The lowest BCUT2D eigenvalue weighted by molar-refractivity contribution is 0.0697. The average molecular weight is 247 g/mol. The van der Waals surface area contributed by atoms with Gasteiger partial charge in [-0.25, -0.2) is 4.79 Å². The molecule has 1 aromatic heterocycles. The van der Waals surface area contributed by atoms with Crippen LogP contribution in [0.4, 0.5) is 0 Å². The number of carboxylic acid groups (broad SMARTS) is 1. The number of carbonyl (C=O) groups is 1. The fraction of sp³-hybridized carbons (Fsp3) is 0.357. The molecule has 18 heavy (non-hydrogen) atoms. The molecule has 0 bridgehead atoms. The second-order valence-corrected chi connectivity index (χ2v) is 4.59. The lowest BCUT2D eigenvalue weighted by Crippen LogP contribution is -1.98. The summed E-state index contributed by atoms with van der Waals surface area (Å²) in [6.07, 6.45) is 3.46. The summed E-state index contributed by atoms with van der Waals surface area (Å²) >= 11 is 0. The Morgan fingerprint density at radius 2 is 2.11 bits per heavy atom. The van der Waals surface area contributed by atoms with E-state index < -0.39 is 5.97 Å². The lowest BCUT2D eigenvalue weighted by atomic mass is 10.0. The Kier molecular flexibility index (Phi) is 3.39. The first-order valence-corrected chi connectivity index (χ1v) is 5.97. The van der Waals surface area contributed by atoms with E-state index in [1.165, 1.54) is 0 Å². The van der Waals surface area contributed by atoms with Crippen molar-refractivity contribution in [2.75, 3.05) is 6.61 Å². The molecule has 2 N–H and O–H groups in total. The molecule has 0 atom stereocenters. The van der Waals surface area contributed by atoms with Gasteiger partial charge in [0.15, 0.2) is 0 Å². The second kappa shape index (κ2) is 4.82. The van der Waals surface area contributed by atoms with Gasteiger partial charge in [-0.15, -0.1) is 0 Å². The number of benzene rings is 1. The quantitative estimate of drug-likeness (QED) is 0.869. The highest BCUT2D eigenvalue weighted by Gasteiger charge is 2.12. The summed E-state index contributed by atoms with van der Waals surface area (Å²) in [5.74, 6) is -0.906. The molecule has 0 amide bonds. The number of aromatic nitrogens is 1. The molecule has 4 heteroatoms. The Labute approximate surface area is 105 Å². The number of aromatic carboxylic acids is 1. The number of rotatable bonds is 4. The van der Waals surface area contributed by atoms with Crippen LogP contribution in [0.5, 0.6) is 0 Å². The number of aliphatic hydroxyl groups excluding tert-OH is 1. The summed E-state index contributed by atoms with van der Waals surface area (Å²) in [6.45, 7) is 2.07. The van der Waals surface area contributed by atoms with Crippen molar-refractivity contribution in [3.63, 3.8) is 0 Å². The van der Waals surface area contributed by atoms with E-state index in [1.807, 2.05) is 24.7 Å². The Balaban J connectivity index is 2.63. The summed E-state index contributed by atoms with van der Waals surface area (Å²) in [5.41, 5.74) is 3.43. The van der Waals surface area contributed by atoms with E-state index >= 15 is 0 Å². The molecular formula is C14H17NO3. The van der Waals surface area contributed by atoms with Gasteiger partial charge in [0.25, 0.3) is 0 Å². The minimum Gasteiger partial charge on any atom is -0.478 e. The zero-order chi connectivity index (χ0) is 13.3. The van der Waals surface area contributed by atoms with Crippen molar-refractivity contribution in [3.05, 3.63) is 35.0 Å². The maximum Gasteiger partial charge on any atom is 0.335 e. The van der Waals surface area contributed by atoms with Gasteiger partial charge in [0.05, 0.1) is 11.1 Å². The van der Waals surface area contributed by atoms with Crippen molar-refractivity contribution in [2.45, 2.75) is 19.8 Å². The van der Waals surface area contributed by atoms with E-state index in [1.54, 1.807) is 12.1 Å². The molecule has 0 saturated carbocycles. The molecule has 0 aliphatic carbocycles. The van der Waals surface area contributed by atoms with Crippen LogP contribution in [0.25, 0.3) is 10.9 Å². The molecule has 2 rings (SSSR count). The van der Waals surface area contributed by atoms with Crippen molar-refractivity contribution in [1.29, 1.82) is 0 Å². The van der Waals surface area contributed by atoms with Gasteiger partial charge >= 0.3 is 5.97 Å². The smallest absolute Gasteiger partial charge is 0.335 e. The van der Waals surface area contributed by atoms with Crippen LogP contribution in [0.1, 0.15) is 27.9 Å². The Hall–Kier alpha value is -1.81. The molecule has 0 saturated heterocycles. The van der Waals surface area contributed by atoms with Gasteiger partial charge in [0.1, 0.15) is 0 Å². The van der Waals surface area contributed by atoms with Crippen LogP contribution in [-0.2, 0) is 13.5 Å². The van der Waals surface area contributed by atoms with Gasteiger partial charge in [-0.2, -0.15) is 0 Å². The zero-order valence-corrected chi connectivity index (χ0v) is 10.6. The summed E-state index contributed by atoms with van der Waals surface area (Å²) in [5, 5.41) is 19.0. The molecule has 0 unspecified atom stereocenters. The van der Waals surface area contributed by atoms with Crippen LogP contribution < -0.4 is 0 Å². The summed E-state index contributed by atoms with van der Waals surface area (Å²) in [7, 11) is 1.96. The van der Waals surface area contributed by atoms with Gasteiger partial charge in [-0.3, -0.25) is 0 Å². The van der Waals surface area contributed by atoms with Gasteiger partial charge in [-0.1, -0.05) is 0 Å². The number of fused-ring (bicyclic) bond motifs is 1. The second-order valence-electron chi connectivity index (χ2n) is 4.59. The highest BCUT2D eigenvalue weighted by Crippen LogP contribution is 2.26. The van der Waals surface area contributed by atoms with E-state index in [-0.39, 0.29) is 6.61 Å². The minimum absolute atomic E-state index is 0.147. The molecule has 1 heterocycles. The summed E-state index contributed by atoms with van der Waals surface area (Å²) in [6, 6.07) is 3.41. The molecule has 1 aromatic carbocycles. The fourth-order valence-electron chi connectivity index (χ4n) is 2.45. The van der Waals surface area contributed by atoms with Crippen molar-refractivity contribution < 1.29 is 15.0 Å². The average Bonchev–Trinajstić information content (AvgIpc) is 2.63. The van der Waals surface area contributed by atoms with Crippen molar-refractivity contribution in [1.82, 2.24) is 4.57 Å². The van der Waals surface area contributed by atoms with Gasteiger partial charge in [-0.05, 0) is 43.0 Å². The third kappa shape index (κ3) is 2.11. The minimum atomic E-state index is -0.906. The Bertz CT molecular complexity index is 599. The van der Waals surface area contributed by atoms with Gasteiger partial charge in [0.2, 0.25) is 0 Å². The highest BCUT2D eigenvalue weighted by atomic mass is 16.4. The van der Waals surface area contributed by atoms with Crippen molar-refractivity contribution in [2.24, 2.45) is 7.05 Å². The molecule has 0 radical (unpaired) electrons. The van der Waals surface area contributed by atoms with Crippen LogP contribution in [-0.4, -0.2) is 27.4 Å². The largest absolute Gasteiger partial charge is 0.478 e. The molecular weight excluding hydrogens is 230 g/mol.